The van der Waals surface area contributed by atoms with Crippen molar-refractivity contribution < 1.29 is 19.0 Å². The van der Waals surface area contributed by atoms with E-state index in [0.717, 1.165) is 6.42 Å². The highest BCUT2D eigenvalue weighted by molar-refractivity contribution is 6.07. The number of anilines is 1. The summed E-state index contributed by atoms with van der Waals surface area (Å²) in [4.78, 5) is 12.2. The Morgan fingerprint density at radius 1 is 1.33 bits per heavy atom. The number of amides is 1. The maximum absolute atomic E-state index is 12.2. The molecule has 7 heteroatoms. The lowest BCUT2D eigenvalue weighted by Crippen LogP contribution is -2.18. The van der Waals surface area contributed by atoms with Gasteiger partial charge in [0.25, 0.3) is 5.91 Å². The minimum Gasteiger partial charge on any atom is -0.497 e. The summed E-state index contributed by atoms with van der Waals surface area (Å²) in [7, 11) is 3.03. The Balaban J connectivity index is 2.69. The molecule has 0 radical (unpaired) electrons. The number of rotatable bonds is 10. The van der Waals surface area contributed by atoms with Gasteiger partial charge in [0.1, 0.15) is 23.1 Å². The van der Waals surface area contributed by atoms with Crippen LogP contribution in [0.25, 0.3) is 0 Å². The average Bonchev–Trinajstić information content (AvgIpc) is 2.60. The number of nitrogens with zero attached hydrogens (tertiary/aromatic N) is 1. The van der Waals surface area contributed by atoms with Crippen molar-refractivity contribution in [2.75, 3.05) is 39.3 Å². The van der Waals surface area contributed by atoms with Crippen LogP contribution in [0, 0.1) is 11.3 Å². The van der Waals surface area contributed by atoms with Crippen molar-refractivity contribution in [1.82, 2.24) is 5.32 Å². The molecule has 0 bridgehead atoms. The summed E-state index contributed by atoms with van der Waals surface area (Å²) in [5.41, 5.74) is 0.399. The first-order chi connectivity index (χ1) is 11.7. The normalized spacial score (nSPS) is 10.7. The van der Waals surface area contributed by atoms with Gasteiger partial charge in [-0.25, -0.2) is 0 Å². The van der Waals surface area contributed by atoms with Crippen molar-refractivity contribution in [3.05, 3.63) is 30.0 Å². The molecule has 0 unspecified atom stereocenters. The maximum atomic E-state index is 12.2. The number of methoxy groups -OCH3 is 2. The molecule has 1 aromatic rings. The Morgan fingerprint density at radius 3 is 2.75 bits per heavy atom. The van der Waals surface area contributed by atoms with Crippen LogP contribution in [0.4, 0.5) is 5.69 Å². The number of nitrogens with one attached hydrogen (secondary N) is 2. The molecule has 130 valence electrons. The van der Waals surface area contributed by atoms with E-state index < -0.39 is 5.91 Å². The summed E-state index contributed by atoms with van der Waals surface area (Å²) in [5, 5.41) is 14.7. The minimum atomic E-state index is -0.527. The van der Waals surface area contributed by atoms with E-state index in [9.17, 15) is 4.79 Å². The van der Waals surface area contributed by atoms with Crippen molar-refractivity contribution in [3.63, 3.8) is 0 Å². The monoisotopic (exact) mass is 333 g/mol. The molecule has 0 aromatic heterocycles. The second-order valence-electron chi connectivity index (χ2n) is 4.69. The number of ether oxygens (including phenoxy) is 3. The highest BCUT2D eigenvalue weighted by Gasteiger charge is 2.13. The number of hydrogen-bond acceptors (Lipinski definition) is 6. The van der Waals surface area contributed by atoms with Crippen molar-refractivity contribution in [2.45, 2.75) is 13.3 Å². The van der Waals surface area contributed by atoms with Crippen LogP contribution in [-0.2, 0) is 9.53 Å². The van der Waals surface area contributed by atoms with Crippen molar-refractivity contribution in [2.24, 2.45) is 0 Å². The number of carbonyl (C=O) groups excluding carboxylic acids is 1. The second kappa shape index (κ2) is 10.9. The van der Waals surface area contributed by atoms with Gasteiger partial charge in [0.2, 0.25) is 0 Å². The van der Waals surface area contributed by atoms with Gasteiger partial charge in [0.15, 0.2) is 0 Å². The lowest BCUT2D eigenvalue weighted by molar-refractivity contribution is -0.112. The van der Waals surface area contributed by atoms with Crippen LogP contribution in [0.3, 0.4) is 0 Å². The smallest absolute Gasteiger partial charge is 0.267 e. The largest absolute Gasteiger partial charge is 0.497 e. The van der Waals surface area contributed by atoms with Gasteiger partial charge in [-0.15, -0.1) is 0 Å². The molecule has 0 heterocycles. The fraction of sp³-hybridized carbons (Fsp3) is 0.412. The van der Waals surface area contributed by atoms with E-state index in [0.29, 0.717) is 36.9 Å². The van der Waals surface area contributed by atoms with E-state index in [4.69, 9.17) is 19.5 Å². The molecular formula is C17H23N3O4. The topological polar surface area (TPSA) is 92.6 Å². The van der Waals surface area contributed by atoms with Crippen LogP contribution in [-0.4, -0.2) is 39.9 Å². The first-order valence-electron chi connectivity index (χ1n) is 7.61. The molecule has 0 spiro atoms. The number of carbonyl (C=O) groups is 1. The van der Waals surface area contributed by atoms with Gasteiger partial charge in [-0.05, 0) is 25.5 Å². The minimum absolute atomic E-state index is 0.0312. The summed E-state index contributed by atoms with van der Waals surface area (Å²) in [6.45, 7) is 3.84. The van der Waals surface area contributed by atoms with Crippen LogP contribution in [0.15, 0.2) is 30.0 Å². The van der Waals surface area contributed by atoms with Crippen molar-refractivity contribution in [1.29, 1.82) is 5.26 Å². The van der Waals surface area contributed by atoms with Gasteiger partial charge in [0, 0.05) is 32.0 Å². The first-order valence-corrected chi connectivity index (χ1v) is 7.61. The molecule has 7 nitrogen and oxygen atoms in total. The lowest BCUT2D eigenvalue weighted by atomic mass is 10.2. The highest BCUT2D eigenvalue weighted by atomic mass is 16.5. The summed E-state index contributed by atoms with van der Waals surface area (Å²) < 4.78 is 15.5. The average molecular weight is 333 g/mol. The number of benzene rings is 1. The Bertz CT molecular complexity index is 608. The van der Waals surface area contributed by atoms with Gasteiger partial charge >= 0.3 is 0 Å². The van der Waals surface area contributed by atoms with Crippen LogP contribution in [0.5, 0.6) is 11.5 Å². The predicted molar refractivity (Wildman–Crippen MR) is 91.0 cm³/mol. The summed E-state index contributed by atoms with van der Waals surface area (Å²) >= 11 is 0. The molecule has 0 saturated heterocycles. The molecule has 1 aromatic carbocycles. The Labute approximate surface area is 142 Å². The molecule has 0 fully saturated rings. The molecule has 1 rings (SSSR count). The molecule has 0 aliphatic rings. The zero-order chi connectivity index (χ0) is 17.8. The molecule has 0 aliphatic heterocycles. The van der Waals surface area contributed by atoms with E-state index in [-0.39, 0.29) is 5.57 Å². The SMILES string of the molecule is CCOCCCN/C=C(/C#N)C(=O)Nc1cc(OC)ccc1OC. The third kappa shape index (κ3) is 6.18. The summed E-state index contributed by atoms with van der Waals surface area (Å²) in [6, 6.07) is 6.89. The van der Waals surface area contributed by atoms with Crippen LogP contribution < -0.4 is 20.1 Å². The molecule has 1 amide bonds. The molecule has 2 N–H and O–H groups in total. The van der Waals surface area contributed by atoms with E-state index >= 15 is 0 Å². The first kappa shape index (κ1) is 19.3. The lowest BCUT2D eigenvalue weighted by Gasteiger charge is -2.11. The Hall–Kier alpha value is -2.72. The van der Waals surface area contributed by atoms with Crippen LogP contribution in [0.2, 0.25) is 0 Å². The summed E-state index contributed by atoms with van der Waals surface area (Å²) in [6.07, 6.45) is 2.18. The molecular weight excluding hydrogens is 310 g/mol. The fourth-order valence-corrected chi connectivity index (χ4v) is 1.84. The van der Waals surface area contributed by atoms with E-state index in [1.807, 2.05) is 13.0 Å². The van der Waals surface area contributed by atoms with Crippen molar-refractivity contribution >= 4 is 11.6 Å². The zero-order valence-electron chi connectivity index (χ0n) is 14.2. The standard InChI is InChI=1S/C17H23N3O4/c1-4-24-9-5-8-19-12-13(11-18)17(21)20-15-10-14(22-2)6-7-16(15)23-3/h6-7,10,12,19H,4-5,8-9H2,1-3H3,(H,20,21)/b13-12-. The van der Waals surface area contributed by atoms with Gasteiger partial charge in [-0.1, -0.05) is 0 Å². The molecule has 0 saturated carbocycles. The highest BCUT2D eigenvalue weighted by Crippen LogP contribution is 2.29. The molecule has 0 aliphatic carbocycles. The maximum Gasteiger partial charge on any atom is 0.267 e. The third-order valence-corrected chi connectivity index (χ3v) is 3.08. The van der Waals surface area contributed by atoms with Gasteiger partial charge in [-0.2, -0.15) is 5.26 Å². The quantitative estimate of drug-likeness (QED) is 0.387. The number of hydrogen-bond donors (Lipinski definition) is 2. The zero-order valence-corrected chi connectivity index (χ0v) is 14.2. The predicted octanol–water partition coefficient (Wildman–Crippen LogP) is 2.07. The van der Waals surface area contributed by atoms with Gasteiger partial charge in [0.05, 0.1) is 19.9 Å². The fourth-order valence-electron chi connectivity index (χ4n) is 1.84. The van der Waals surface area contributed by atoms with Crippen LogP contribution in [0.1, 0.15) is 13.3 Å². The molecule has 24 heavy (non-hydrogen) atoms. The van der Waals surface area contributed by atoms with E-state index in [1.54, 1.807) is 18.2 Å². The van der Waals surface area contributed by atoms with Crippen LogP contribution >= 0.6 is 0 Å². The second-order valence-corrected chi connectivity index (χ2v) is 4.69. The van der Waals surface area contributed by atoms with E-state index in [2.05, 4.69) is 10.6 Å². The van der Waals surface area contributed by atoms with Crippen molar-refractivity contribution in [3.8, 4) is 17.6 Å². The number of nitriles is 1. The summed E-state index contributed by atoms with van der Waals surface area (Å²) in [5.74, 6) is 0.523. The van der Waals surface area contributed by atoms with Gasteiger partial charge in [-0.3, -0.25) is 4.79 Å². The molecule has 0 atom stereocenters. The van der Waals surface area contributed by atoms with E-state index in [1.165, 1.54) is 20.4 Å². The Morgan fingerprint density at radius 2 is 2.12 bits per heavy atom. The third-order valence-electron chi connectivity index (χ3n) is 3.08. The van der Waals surface area contributed by atoms with Gasteiger partial charge < -0.3 is 24.8 Å². The Kier molecular flexibility index (Phi) is 8.79.